The number of hydrogen-bond acceptors (Lipinski definition) is 10. The van der Waals surface area contributed by atoms with Gasteiger partial charge in [0.25, 0.3) is 11.4 Å². The van der Waals surface area contributed by atoms with E-state index in [2.05, 4.69) is 26.3 Å². The molecule has 5 aliphatic heterocycles. The molecule has 15 heteroatoms. The summed E-state index contributed by atoms with van der Waals surface area (Å²) >= 11 is 0. The molecule has 2 unspecified atom stereocenters. The van der Waals surface area contributed by atoms with E-state index in [-0.39, 0.29) is 49.7 Å². The number of hydrogen-bond donors (Lipinski definition) is 9. The van der Waals surface area contributed by atoms with Crippen LogP contribution in [0.15, 0.2) is 24.3 Å². The van der Waals surface area contributed by atoms with Gasteiger partial charge < -0.3 is 20.8 Å². The Hall–Kier alpha value is -4.24. The molecule has 5 heterocycles. The van der Waals surface area contributed by atoms with Gasteiger partial charge in [0.05, 0.1) is 13.1 Å². The number of fused-ring (bicyclic) bond motifs is 1. The topological polar surface area (TPSA) is 229 Å². The summed E-state index contributed by atoms with van der Waals surface area (Å²) < 4.78 is 1.43. The van der Waals surface area contributed by atoms with Crippen molar-refractivity contribution in [3.8, 4) is 0 Å². The van der Waals surface area contributed by atoms with E-state index in [4.69, 9.17) is 11.5 Å². The van der Waals surface area contributed by atoms with Gasteiger partial charge in [-0.05, 0) is 11.6 Å². The standard InChI is InChI=1S/C22H25N9O6/c23-19-28-16-11(7-30-13(32)5-6-14(30)33)26-20(24)31-8-12(22(36,37)21(16,31)29-19)27-18(35)15-9-3-1-2-4-10(9)25-17(15)34/h1-4,11-12,15-16,36-37H,5-8H2,(H7,23,24,25,26,27,28,29,34,35)/p+2/t11-,12?,15?,16-,21-/m0/s1. The van der Waals surface area contributed by atoms with Crippen LogP contribution in [0.3, 0.4) is 0 Å². The number of para-hydroxylation sites is 1. The minimum atomic E-state index is -2.67. The van der Waals surface area contributed by atoms with E-state index >= 15 is 0 Å². The van der Waals surface area contributed by atoms with Crippen molar-refractivity contribution in [2.24, 2.45) is 11.5 Å². The van der Waals surface area contributed by atoms with Gasteiger partial charge in [-0.1, -0.05) is 18.2 Å². The summed E-state index contributed by atoms with van der Waals surface area (Å²) in [4.78, 5) is 54.4. The van der Waals surface area contributed by atoms with Gasteiger partial charge in [-0.15, -0.1) is 0 Å². The first-order valence-corrected chi connectivity index (χ1v) is 11.9. The normalized spacial score (nSPS) is 33.3. The number of benzene rings is 1. The highest BCUT2D eigenvalue weighted by atomic mass is 16.5. The number of anilines is 1. The average molecular weight is 514 g/mol. The molecule has 0 aliphatic carbocycles. The van der Waals surface area contributed by atoms with Crippen LogP contribution >= 0.6 is 0 Å². The van der Waals surface area contributed by atoms with Crippen molar-refractivity contribution in [2.45, 2.75) is 48.3 Å². The molecule has 0 bridgehead atoms. The second-order valence-electron chi connectivity index (χ2n) is 9.87. The number of aliphatic hydroxyl groups is 2. The molecule has 0 saturated carbocycles. The SMILES string of the molecule is NC1=[NH+][C@H]2[C@H](CN3C(=O)CCC3=O)NC(N)=[N+]3CC(NC(=O)C4C(=O)Nc5ccccc54)C(O)(O)[C@]23N1. The Morgan fingerprint density at radius 3 is 2.62 bits per heavy atom. The van der Waals surface area contributed by atoms with Gasteiger partial charge in [0.2, 0.25) is 23.6 Å². The summed E-state index contributed by atoms with van der Waals surface area (Å²) in [5.41, 5.74) is 11.5. The number of guanidine groups is 2. The van der Waals surface area contributed by atoms with Gasteiger partial charge in [-0.25, -0.2) is 9.89 Å². The van der Waals surface area contributed by atoms with Crippen molar-refractivity contribution >= 4 is 41.2 Å². The molecule has 194 valence electrons. The third-order valence-corrected chi connectivity index (χ3v) is 7.86. The molecule has 0 aromatic heterocycles. The maximum absolute atomic E-state index is 13.3. The molecule has 5 aliphatic rings. The average Bonchev–Trinajstić information content (AvgIpc) is 3.53. The van der Waals surface area contributed by atoms with Gasteiger partial charge in [0.15, 0.2) is 6.04 Å². The first-order valence-electron chi connectivity index (χ1n) is 11.9. The van der Waals surface area contributed by atoms with Crippen LogP contribution in [0.2, 0.25) is 0 Å². The summed E-state index contributed by atoms with van der Waals surface area (Å²) in [5.74, 6) is -5.73. The van der Waals surface area contributed by atoms with Crippen molar-refractivity contribution < 1.29 is 39.0 Å². The third kappa shape index (κ3) is 3.07. The molecule has 15 nitrogen and oxygen atoms in total. The maximum Gasteiger partial charge on any atom is 0.347 e. The first kappa shape index (κ1) is 23.2. The highest BCUT2D eigenvalue weighted by Gasteiger charge is 2.78. The Morgan fingerprint density at radius 2 is 1.89 bits per heavy atom. The quantitative estimate of drug-likeness (QED) is 0.0800. The summed E-state index contributed by atoms with van der Waals surface area (Å²) in [6, 6.07) is 3.79. The number of imide groups is 1. The fourth-order valence-corrected chi connectivity index (χ4v) is 6.14. The Morgan fingerprint density at radius 1 is 1.19 bits per heavy atom. The van der Waals surface area contributed by atoms with Crippen LogP contribution in [-0.2, 0) is 19.2 Å². The molecule has 1 spiro atoms. The molecule has 1 aromatic carbocycles. The monoisotopic (exact) mass is 513 g/mol. The number of rotatable bonds is 4. The number of amides is 4. The number of nitrogens with zero attached hydrogens (tertiary/aromatic N) is 2. The zero-order valence-corrected chi connectivity index (χ0v) is 19.5. The first-order chi connectivity index (χ1) is 17.5. The van der Waals surface area contributed by atoms with Crippen LogP contribution in [0.25, 0.3) is 0 Å². The van der Waals surface area contributed by atoms with Crippen molar-refractivity contribution in [2.75, 3.05) is 18.4 Å². The maximum atomic E-state index is 13.3. The zero-order chi connectivity index (χ0) is 26.3. The second-order valence-corrected chi connectivity index (χ2v) is 9.87. The number of likely N-dealkylation sites (tertiary alicyclic amines) is 1. The van der Waals surface area contributed by atoms with Gasteiger partial charge >= 0.3 is 11.9 Å². The Balaban J connectivity index is 1.31. The summed E-state index contributed by atoms with van der Waals surface area (Å²) in [7, 11) is 0. The molecular weight excluding hydrogens is 486 g/mol. The predicted molar refractivity (Wildman–Crippen MR) is 124 cm³/mol. The minimum absolute atomic E-state index is 0.0131. The van der Waals surface area contributed by atoms with Crippen molar-refractivity contribution in [3.63, 3.8) is 0 Å². The molecule has 37 heavy (non-hydrogen) atoms. The van der Waals surface area contributed by atoms with Crippen LogP contribution in [0.5, 0.6) is 0 Å². The lowest BCUT2D eigenvalue weighted by Crippen LogP contribution is -2.92. The van der Waals surface area contributed by atoms with Crippen LogP contribution in [0, 0.1) is 0 Å². The second kappa shape index (κ2) is 7.63. The van der Waals surface area contributed by atoms with Crippen LogP contribution in [0.1, 0.15) is 24.3 Å². The Bertz CT molecular complexity index is 1310. The van der Waals surface area contributed by atoms with E-state index in [9.17, 15) is 29.4 Å². The molecule has 4 amide bonds. The van der Waals surface area contributed by atoms with E-state index in [1.807, 2.05) is 0 Å². The van der Waals surface area contributed by atoms with Gasteiger partial charge in [0.1, 0.15) is 18.0 Å². The van der Waals surface area contributed by atoms with E-state index in [0.29, 0.717) is 11.3 Å². The zero-order valence-electron chi connectivity index (χ0n) is 19.5. The Kier molecular flexibility index (Phi) is 4.78. The molecule has 6 rings (SSSR count). The van der Waals surface area contributed by atoms with Crippen molar-refractivity contribution in [1.82, 2.24) is 20.9 Å². The number of carbonyl (C=O) groups is 4. The lowest BCUT2D eigenvalue weighted by molar-refractivity contribution is -0.674. The Labute approximate surface area is 209 Å². The van der Waals surface area contributed by atoms with E-state index in [1.54, 1.807) is 24.3 Å². The molecule has 11 N–H and O–H groups in total. The number of nitrogens with two attached hydrogens (primary N) is 2. The lowest BCUT2D eigenvalue weighted by Gasteiger charge is -2.41. The highest BCUT2D eigenvalue weighted by Crippen LogP contribution is 2.39. The lowest BCUT2D eigenvalue weighted by atomic mass is 9.85. The molecule has 1 aromatic rings. The summed E-state index contributed by atoms with van der Waals surface area (Å²) in [6.45, 7) is -0.243. The summed E-state index contributed by atoms with van der Waals surface area (Å²) in [6.07, 6.45) is 0.199. The van der Waals surface area contributed by atoms with E-state index < -0.39 is 47.3 Å². The highest BCUT2D eigenvalue weighted by molar-refractivity contribution is 6.16. The predicted octanol–water partition coefficient (Wildman–Crippen LogP) is -6.59. The molecule has 5 atom stereocenters. The van der Waals surface area contributed by atoms with Crippen LogP contribution in [0.4, 0.5) is 5.69 Å². The fraction of sp³-hybridized carbons (Fsp3) is 0.455. The molecule has 0 radical (unpaired) electrons. The van der Waals surface area contributed by atoms with Crippen LogP contribution in [-0.4, -0.2) is 97.9 Å². The summed E-state index contributed by atoms with van der Waals surface area (Å²) in [5, 5.41) is 34.3. The number of nitrogens with one attached hydrogen (secondary N) is 5. The van der Waals surface area contributed by atoms with Crippen molar-refractivity contribution in [3.05, 3.63) is 29.8 Å². The van der Waals surface area contributed by atoms with E-state index in [1.165, 1.54) is 4.58 Å². The van der Waals surface area contributed by atoms with Gasteiger partial charge in [-0.3, -0.25) is 45.9 Å². The largest absolute Gasteiger partial charge is 0.358 e. The smallest absolute Gasteiger partial charge is 0.347 e. The fourth-order valence-electron chi connectivity index (χ4n) is 6.14. The third-order valence-electron chi connectivity index (χ3n) is 7.86. The van der Waals surface area contributed by atoms with Crippen molar-refractivity contribution in [1.29, 1.82) is 0 Å². The molecular formula is C22H27N9O6+2. The number of carbonyl (C=O) groups excluding carboxylic acids is 4. The van der Waals surface area contributed by atoms with E-state index in [0.717, 1.165) is 4.90 Å². The van der Waals surface area contributed by atoms with Gasteiger partial charge in [0, 0.05) is 18.5 Å². The molecule has 2 saturated heterocycles. The van der Waals surface area contributed by atoms with Crippen LogP contribution < -0.4 is 37.7 Å². The minimum Gasteiger partial charge on any atom is -0.358 e. The van der Waals surface area contributed by atoms with Gasteiger partial charge in [-0.2, -0.15) is 0 Å². The molecule has 2 fully saturated rings.